The highest BCUT2D eigenvalue weighted by atomic mass is 16.6. The van der Waals surface area contributed by atoms with Gasteiger partial charge in [0.15, 0.2) is 0 Å². The monoisotopic (exact) mass is 384 g/mol. The number of ether oxygens (including phenoxy) is 2. The molecule has 0 bridgehead atoms. The Labute approximate surface area is 163 Å². The summed E-state index contributed by atoms with van der Waals surface area (Å²) < 4.78 is 10.9. The maximum absolute atomic E-state index is 12.4. The first kappa shape index (κ1) is 20.0. The fourth-order valence-corrected chi connectivity index (χ4v) is 3.85. The van der Waals surface area contributed by atoms with Crippen LogP contribution in [0.15, 0.2) is 60.7 Å². The third-order valence-corrected chi connectivity index (χ3v) is 5.23. The maximum atomic E-state index is 12.4. The summed E-state index contributed by atoms with van der Waals surface area (Å²) >= 11 is 0. The van der Waals surface area contributed by atoms with Crippen molar-refractivity contribution in [3.05, 3.63) is 81.9 Å². The van der Waals surface area contributed by atoms with E-state index in [9.17, 15) is 14.9 Å². The van der Waals surface area contributed by atoms with Gasteiger partial charge in [-0.25, -0.2) is 0 Å². The van der Waals surface area contributed by atoms with Gasteiger partial charge in [-0.2, -0.15) is 0 Å². The largest absolute Gasteiger partial charge is 0.468 e. The second kappa shape index (κ2) is 8.95. The summed E-state index contributed by atoms with van der Waals surface area (Å²) in [4.78, 5) is 24.1. The number of methoxy groups -OCH3 is 1. The quantitative estimate of drug-likeness (QED) is 0.448. The van der Waals surface area contributed by atoms with Crippen molar-refractivity contribution < 1.29 is 19.2 Å². The van der Waals surface area contributed by atoms with Gasteiger partial charge in [-0.1, -0.05) is 60.7 Å². The number of nitrogens with zero attached hydrogens (tertiary/aromatic N) is 1. The Morgan fingerprint density at radius 2 is 1.75 bits per heavy atom. The molecule has 0 saturated carbocycles. The van der Waals surface area contributed by atoms with Crippen molar-refractivity contribution in [3.63, 3.8) is 0 Å². The Balaban J connectivity index is 1.87. The normalized spacial score (nSPS) is 25.2. The summed E-state index contributed by atoms with van der Waals surface area (Å²) in [5, 5.41) is 15.1. The molecular formula is C21H24N2O5. The first-order chi connectivity index (χ1) is 13.5. The lowest BCUT2D eigenvalue weighted by Crippen LogP contribution is -2.44. The summed E-state index contributed by atoms with van der Waals surface area (Å²) in [6, 6.07) is 16.3. The van der Waals surface area contributed by atoms with Crippen molar-refractivity contribution in [2.24, 2.45) is 5.92 Å². The molecule has 1 saturated heterocycles. The van der Waals surface area contributed by atoms with E-state index in [1.54, 1.807) is 6.92 Å². The second-order valence-corrected chi connectivity index (χ2v) is 6.91. The summed E-state index contributed by atoms with van der Waals surface area (Å²) in [6.45, 7) is 2.09. The van der Waals surface area contributed by atoms with E-state index in [-0.39, 0.29) is 4.92 Å². The fraction of sp³-hybridized carbons (Fsp3) is 0.381. The number of carbonyl (C=O) groups is 1. The lowest BCUT2D eigenvalue weighted by Gasteiger charge is -2.25. The van der Waals surface area contributed by atoms with Crippen molar-refractivity contribution in [1.29, 1.82) is 0 Å². The molecule has 0 aliphatic carbocycles. The van der Waals surface area contributed by atoms with E-state index in [2.05, 4.69) is 5.32 Å². The molecule has 2 aromatic carbocycles. The maximum Gasteiger partial charge on any atom is 0.323 e. The number of rotatable bonds is 7. The number of esters is 1. The first-order valence-corrected chi connectivity index (χ1v) is 9.20. The van der Waals surface area contributed by atoms with E-state index in [0.29, 0.717) is 6.61 Å². The number of nitrogens with one attached hydrogen (secondary N) is 1. The van der Waals surface area contributed by atoms with Crippen LogP contribution in [0.5, 0.6) is 0 Å². The van der Waals surface area contributed by atoms with Crippen LogP contribution in [0.3, 0.4) is 0 Å². The van der Waals surface area contributed by atoms with E-state index in [4.69, 9.17) is 9.47 Å². The zero-order valence-electron chi connectivity index (χ0n) is 15.9. The summed E-state index contributed by atoms with van der Waals surface area (Å²) in [7, 11) is 1.29. The van der Waals surface area contributed by atoms with E-state index in [1.807, 2.05) is 60.7 Å². The molecule has 1 heterocycles. The first-order valence-electron chi connectivity index (χ1n) is 9.20. The number of carbonyl (C=O) groups excluding carboxylic acids is 1. The van der Waals surface area contributed by atoms with E-state index in [1.165, 1.54) is 7.11 Å². The van der Waals surface area contributed by atoms with Gasteiger partial charge in [0.2, 0.25) is 6.04 Å². The van der Waals surface area contributed by atoms with Gasteiger partial charge in [0.25, 0.3) is 0 Å². The lowest BCUT2D eigenvalue weighted by molar-refractivity contribution is -0.534. The van der Waals surface area contributed by atoms with Crippen molar-refractivity contribution in [2.75, 3.05) is 7.11 Å². The molecule has 1 N–H and O–H groups in total. The molecule has 148 valence electrons. The molecule has 0 radical (unpaired) electrons. The van der Waals surface area contributed by atoms with Gasteiger partial charge in [-0.3, -0.25) is 20.2 Å². The molecule has 1 aliphatic heterocycles. The standard InChI is InChI=1S/C21H24N2O5/c1-14(28-13-15-9-5-3-6-10-15)17-19(21(24)27-2)22-18(20(17)23(25)26)16-11-7-4-8-12-16/h3-12,14,17-20,22H,13H2,1-2H3/t14-,17-,18+,19+,20+/m0/s1. The highest BCUT2D eigenvalue weighted by Gasteiger charge is 2.56. The van der Waals surface area contributed by atoms with Gasteiger partial charge in [0, 0.05) is 4.92 Å². The van der Waals surface area contributed by atoms with Crippen molar-refractivity contribution in [2.45, 2.75) is 37.8 Å². The summed E-state index contributed by atoms with van der Waals surface area (Å²) in [5.74, 6) is -1.19. The number of hydrogen-bond acceptors (Lipinski definition) is 6. The second-order valence-electron chi connectivity index (χ2n) is 6.91. The minimum Gasteiger partial charge on any atom is -0.468 e. The smallest absolute Gasteiger partial charge is 0.323 e. The Morgan fingerprint density at radius 3 is 2.32 bits per heavy atom. The predicted octanol–water partition coefficient (Wildman–Crippen LogP) is 2.74. The highest BCUT2D eigenvalue weighted by Crippen LogP contribution is 2.37. The zero-order valence-corrected chi connectivity index (χ0v) is 15.9. The van der Waals surface area contributed by atoms with Gasteiger partial charge in [0.05, 0.1) is 25.7 Å². The van der Waals surface area contributed by atoms with Crippen molar-refractivity contribution in [3.8, 4) is 0 Å². The molecule has 0 amide bonds. The van der Waals surface area contributed by atoms with Gasteiger partial charge in [-0.05, 0) is 18.1 Å². The average molecular weight is 384 g/mol. The van der Waals surface area contributed by atoms with Crippen molar-refractivity contribution in [1.82, 2.24) is 5.32 Å². The van der Waals surface area contributed by atoms with Gasteiger partial charge >= 0.3 is 5.97 Å². The fourth-order valence-electron chi connectivity index (χ4n) is 3.85. The molecule has 0 unspecified atom stereocenters. The molecule has 5 atom stereocenters. The molecule has 2 aromatic rings. The Morgan fingerprint density at radius 1 is 1.14 bits per heavy atom. The molecule has 3 rings (SSSR count). The molecule has 28 heavy (non-hydrogen) atoms. The minimum atomic E-state index is -1.02. The van der Waals surface area contributed by atoms with Crippen molar-refractivity contribution >= 4 is 5.97 Å². The van der Waals surface area contributed by atoms with Crippen LogP contribution in [0.25, 0.3) is 0 Å². The molecule has 1 aliphatic rings. The van der Waals surface area contributed by atoms with Gasteiger partial charge in [-0.15, -0.1) is 0 Å². The predicted molar refractivity (Wildman–Crippen MR) is 103 cm³/mol. The van der Waals surface area contributed by atoms with Crippen LogP contribution in [-0.4, -0.2) is 36.2 Å². The number of nitro groups is 1. The van der Waals surface area contributed by atoms with Crippen LogP contribution in [0.1, 0.15) is 24.1 Å². The summed E-state index contributed by atoms with van der Waals surface area (Å²) in [5.41, 5.74) is 1.73. The van der Waals surface area contributed by atoms with E-state index >= 15 is 0 Å². The van der Waals surface area contributed by atoms with Crippen LogP contribution >= 0.6 is 0 Å². The van der Waals surface area contributed by atoms with Crippen LogP contribution in [0.4, 0.5) is 0 Å². The SMILES string of the molecule is COC(=O)[C@@H]1N[C@H](c2ccccc2)[C@H]([N+](=O)[O-])[C@H]1[C@H](C)OCc1ccccc1. The number of hydrogen-bond donors (Lipinski definition) is 1. The van der Waals surface area contributed by atoms with Crippen LogP contribution < -0.4 is 5.32 Å². The molecular weight excluding hydrogens is 360 g/mol. The average Bonchev–Trinajstić information content (AvgIpc) is 3.14. The third kappa shape index (κ3) is 4.21. The van der Waals surface area contributed by atoms with Crippen LogP contribution in [0.2, 0.25) is 0 Å². The Hall–Kier alpha value is -2.77. The lowest BCUT2D eigenvalue weighted by atomic mass is 9.87. The zero-order chi connectivity index (χ0) is 20.1. The van der Waals surface area contributed by atoms with Crippen LogP contribution in [0, 0.1) is 16.0 Å². The van der Waals surface area contributed by atoms with Crippen LogP contribution in [-0.2, 0) is 20.9 Å². The molecule has 0 aromatic heterocycles. The number of benzene rings is 2. The highest BCUT2D eigenvalue weighted by molar-refractivity contribution is 5.77. The summed E-state index contributed by atoms with van der Waals surface area (Å²) in [6.07, 6.45) is -0.527. The van der Waals surface area contributed by atoms with Gasteiger partial charge in [0.1, 0.15) is 12.1 Å². The Bertz CT molecular complexity index is 799. The molecule has 0 spiro atoms. The molecule has 1 fully saturated rings. The Kier molecular flexibility index (Phi) is 6.38. The van der Waals surface area contributed by atoms with E-state index in [0.717, 1.165) is 11.1 Å². The minimum absolute atomic E-state index is 0.312. The van der Waals surface area contributed by atoms with Gasteiger partial charge < -0.3 is 9.47 Å². The topological polar surface area (TPSA) is 90.7 Å². The molecule has 7 heteroatoms. The third-order valence-electron chi connectivity index (χ3n) is 5.23. The van der Waals surface area contributed by atoms with E-state index < -0.39 is 36.1 Å². The molecule has 7 nitrogen and oxygen atoms in total.